The van der Waals surface area contributed by atoms with Crippen LogP contribution in [0.1, 0.15) is 29.2 Å². The standard InChI is InChI=1S/C14H23NOS/c1-11-7-12(2)9-13(8-11)14(15-3)10-17-6-4-5-16/h7-9,14-16H,4-6,10H2,1-3H3. The predicted octanol–water partition coefficient (Wildman–Crippen LogP) is 2.68. The summed E-state index contributed by atoms with van der Waals surface area (Å²) in [5, 5.41) is 12.1. The number of rotatable bonds is 7. The molecule has 1 unspecified atom stereocenters. The quantitative estimate of drug-likeness (QED) is 0.733. The van der Waals surface area contributed by atoms with Gasteiger partial charge in [0.25, 0.3) is 0 Å². The van der Waals surface area contributed by atoms with E-state index < -0.39 is 0 Å². The molecule has 1 aromatic rings. The van der Waals surface area contributed by atoms with Gasteiger partial charge in [0.1, 0.15) is 0 Å². The van der Waals surface area contributed by atoms with Crippen molar-refractivity contribution in [3.63, 3.8) is 0 Å². The second-order valence-corrected chi connectivity index (χ2v) is 5.56. The van der Waals surface area contributed by atoms with Crippen LogP contribution in [0, 0.1) is 13.8 Å². The number of aliphatic hydroxyl groups is 1. The lowest BCUT2D eigenvalue weighted by Crippen LogP contribution is -2.19. The van der Waals surface area contributed by atoms with Gasteiger partial charge < -0.3 is 10.4 Å². The zero-order valence-corrected chi connectivity index (χ0v) is 11.8. The molecule has 2 nitrogen and oxygen atoms in total. The third kappa shape index (κ3) is 5.11. The van der Waals surface area contributed by atoms with Crippen LogP contribution < -0.4 is 5.32 Å². The summed E-state index contributed by atoms with van der Waals surface area (Å²) in [5.41, 5.74) is 4.00. The van der Waals surface area contributed by atoms with E-state index in [-0.39, 0.29) is 0 Å². The zero-order valence-electron chi connectivity index (χ0n) is 11.0. The van der Waals surface area contributed by atoms with Crippen LogP contribution in [-0.4, -0.2) is 30.3 Å². The summed E-state index contributed by atoms with van der Waals surface area (Å²) < 4.78 is 0. The van der Waals surface area contributed by atoms with Gasteiger partial charge in [0.15, 0.2) is 0 Å². The molecular weight excluding hydrogens is 230 g/mol. The fourth-order valence-electron chi connectivity index (χ4n) is 1.93. The SMILES string of the molecule is CNC(CSCCCO)c1cc(C)cc(C)c1. The highest BCUT2D eigenvalue weighted by molar-refractivity contribution is 7.99. The molecule has 1 rings (SSSR count). The summed E-state index contributed by atoms with van der Waals surface area (Å²) in [6.07, 6.45) is 0.883. The summed E-state index contributed by atoms with van der Waals surface area (Å²) in [6, 6.07) is 7.11. The second-order valence-electron chi connectivity index (χ2n) is 4.41. The molecule has 1 atom stereocenters. The Morgan fingerprint density at radius 3 is 2.41 bits per heavy atom. The number of thioether (sulfide) groups is 1. The van der Waals surface area contributed by atoms with Crippen molar-refractivity contribution < 1.29 is 5.11 Å². The van der Waals surface area contributed by atoms with E-state index in [0.29, 0.717) is 12.6 Å². The Balaban J connectivity index is 2.59. The number of aliphatic hydroxyl groups excluding tert-OH is 1. The van der Waals surface area contributed by atoms with E-state index in [2.05, 4.69) is 37.4 Å². The summed E-state index contributed by atoms with van der Waals surface area (Å²) in [6.45, 7) is 4.57. The van der Waals surface area contributed by atoms with E-state index in [1.54, 1.807) is 0 Å². The van der Waals surface area contributed by atoms with Gasteiger partial charge in [0, 0.05) is 18.4 Å². The van der Waals surface area contributed by atoms with Crippen molar-refractivity contribution in [1.82, 2.24) is 5.32 Å². The lowest BCUT2D eigenvalue weighted by atomic mass is 10.0. The van der Waals surface area contributed by atoms with Gasteiger partial charge in [0.05, 0.1) is 0 Å². The normalized spacial score (nSPS) is 12.7. The minimum absolute atomic E-state index is 0.292. The van der Waals surface area contributed by atoms with Crippen LogP contribution in [0.25, 0.3) is 0 Å². The molecule has 17 heavy (non-hydrogen) atoms. The summed E-state index contributed by atoms with van der Waals surface area (Å²) >= 11 is 1.89. The number of hydrogen-bond donors (Lipinski definition) is 2. The van der Waals surface area contributed by atoms with Gasteiger partial charge in [-0.3, -0.25) is 0 Å². The van der Waals surface area contributed by atoms with E-state index in [1.807, 2.05) is 18.8 Å². The van der Waals surface area contributed by atoms with Gasteiger partial charge in [-0.2, -0.15) is 11.8 Å². The third-order valence-corrected chi connectivity index (χ3v) is 3.87. The molecule has 0 aromatic heterocycles. The Kier molecular flexibility index (Phi) is 6.63. The Morgan fingerprint density at radius 2 is 1.88 bits per heavy atom. The van der Waals surface area contributed by atoms with Crippen molar-refractivity contribution in [3.05, 3.63) is 34.9 Å². The smallest absolute Gasteiger partial charge is 0.0438 e. The molecule has 2 N–H and O–H groups in total. The molecule has 96 valence electrons. The summed E-state index contributed by atoms with van der Waals surface area (Å²) in [5.74, 6) is 2.08. The minimum atomic E-state index is 0.292. The Bertz CT molecular complexity index is 321. The van der Waals surface area contributed by atoms with Crippen molar-refractivity contribution in [1.29, 1.82) is 0 Å². The predicted molar refractivity (Wildman–Crippen MR) is 76.7 cm³/mol. The van der Waals surface area contributed by atoms with Gasteiger partial charge in [-0.05, 0) is 38.6 Å². The van der Waals surface area contributed by atoms with E-state index in [9.17, 15) is 0 Å². The van der Waals surface area contributed by atoms with Crippen LogP contribution in [0.5, 0.6) is 0 Å². The first-order valence-electron chi connectivity index (χ1n) is 6.11. The average Bonchev–Trinajstić information content (AvgIpc) is 2.28. The summed E-state index contributed by atoms with van der Waals surface area (Å²) in [7, 11) is 2.01. The maximum Gasteiger partial charge on any atom is 0.0438 e. The first-order chi connectivity index (χ1) is 8.17. The Morgan fingerprint density at radius 1 is 1.24 bits per heavy atom. The molecule has 3 heteroatoms. The van der Waals surface area contributed by atoms with Crippen molar-refractivity contribution in [2.75, 3.05) is 25.2 Å². The maximum atomic E-state index is 8.75. The van der Waals surface area contributed by atoms with Crippen LogP contribution >= 0.6 is 11.8 Å². The average molecular weight is 253 g/mol. The highest BCUT2D eigenvalue weighted by Crippen LogP contribution is 2.21. The van der Waals surface area contributed by atoms with Crippen LogP contribution in [0.4, 0.5) is 0 Å². The largest absolute Gasteiger partial charge is 0.396 e. The minimum Gasteiger partial charge on any atom is -0.396 e. The first-order valence-corrected chi connectivity index (χ1v) is 7.27. The number of benzene rings is 1. The van der Waals surface area contributed by atoms with Crippen LogP contribution in [0.2, 0.25) is 0 Å². The molecule has 0 fully saturated rings. The van der Waals surface area contributed by atoms with Crippen LogP contribution in [0.15, 0.2) is 18.2 Å². The highest BCUT2D eigenvalue weighted by Gasteiger charge is 2.09. The molecule has 0 aliphatic carbocycles. The molecule has 0 radical (unpaired) electrons. The second kappa shape index (κ2) is 7.75. The molecule has 0 aliphatic heterocycles. The van der Waals surface area contributed by atoms with Crippen molar-refractivity contribution in [2.24, 2.45) is 0 Å². The fourth-order valence-corrected chi connectivity index (χ4v) is 3.02. The fraction of sp³-hybridized carbons (Fsp3) is 0.571. The maximum absolute atomic E-state index is 8.75. The number of hydrogen-bond acceptors (Lipinski definition) is 3. The van der Waals surface area contributed by atoms with E-state index in [4.69, 9.17) is 5.11 Å². The lowest BCUT2D eigenvalue weighted by molar-refractivity contribution is 0.296. The zero-order chi connectivity index (χ0) is 12.7. The van der Waals surface area contributed by atoms with Crippen LogP contribution in [0.3, 0.4) is 0 Å². The molecule has 0 saturated carbocycles. The topological polar surface area (TPSA) is 32.3 Å². The van der Waals surface area contributed by atoms with Gasteiger partial charge in [-0.15, -0.1) is 0 Å². The van der Waals surface area contributed by atoms with Crippen molar-refractivity contribution >= 4 is 11.8 Å². The van der Waals surface area contributed by atoms with Crippen molar-refractivity contribution in [3.8, 4) is 0 Å². The van der Waals surface area contributed by atoms with Gasteiger partial charge in [-0.1, -0.05) is 29.3 Å². The third-order valence-electron chi connectivity index (χ3n) is 2.73. The van der Waals surface area contributed by atoms with Gasteiger partial charge >= 0.3 is 0 Å². The Labute approximate surface area is 109 Å². The number of nitrogens with one attached hydrogen (secondary N) is 1. The molecular formula is C14H23NOS. The monoisotopic (exact) mass is 253 g/mol. The first kappa shape index (κ1) is 14.6. The number of aryl methyl sites for hydroxylation is 2. The van der Waals surface area contributed by atoms with Gasteiger partial charge in [-0.25, -0.2) is 0 Å². The van der Waals surface area contributed by atoms with Crippen LogP contribution in [-0.2, 0) is 0 Å². The highest BCUT2D eigenvalue weighted by atomic mass is 32.2. The molecule has 0 saturated heterocycles. The van der Waals surface area contributed by atoms with Crippen molar-refractivity contribution in [2.45, 2.75) is 26.3 Å². The molecule has 1 aromatic carbocycles. The molecule has 0 aliphatic rings. The molecule has 0 amide bonds. The Hall–Kier alpha value is -0.510. The summed E-state index contributed by atoms with van der Waals surface area (Å²) in [4.78, 5) is 0. The molecule has 0 heterocycles. The molecule has 0 spiro atoms. The lowest BCUT2D eigenvalue weighted by Gasteiger charge is -2.17. The van der Waals surface area contributed by atoms with E-state index in [0.717, 1.165) is 17.9 Å². The van der Waals surface area contributed by atoms with E-state index in [1.165, 1.54) is 16.7 Å². The molecule has 0 bridgehead atoms. The van der Waals surface area contributed by atoms with Gasteiger partial charge in [0.2, 0.25) is 0 Å². The van der Waals surface area contributed by atoms with E-state index >= 15 is 0 Å².